The summed E-state index contributed by atoms with van der Waals surface area (Å²) in [4.78, 5) is 29.2. The number of halogens is 2. The summed E-state index contributed by atoms with van der Waals surface area (Å²) in [6, 6.07) is 4.99. The van der Waals surface area contributed by atoms with Gasteiger partial charge in [-0.15, -0.1) is 11.8 Å². The number of benzene rings is 1. The number of hydrogen-bond donors (Lipinski definition) is 0. The van der Waals surface area contributed by atoms with Crippen LogP contribution in [0.2, 0.25) is 10.0 Å². The molecule has 142 valence electrons. The highest BCUT2D eigenvalue weighted by atomic mass is 35.5. The van der Waals surface area contributed by atoms with Gasteiger partial charge in [-0.2, -0.15) is 0 Å². The van der Waals surface area contributed by atoms with E-state index >= 15 is 0 Å². The highest BCUT2D eigenvalue weighted by Crippen LogP contribution is 2.44. The molecule has 0 aliphatic carbocycles. The van der Waals surface area contributed by atoms with Gasteiger partial charge in [0, 0.05) is 37.4 Å². The van der Waals surface area contributed by atoms with Crippen LogP contribution in [-0.2, 0) is 4.79 Å². The lowest BCUT2D eigenvalue weighted by Gasteiger charge is -2.44. The van der Waals surface area contributed by atoms with E-state index < -0.39 is 0 Å². The molecular formula is C19H24Cl2N2O2S. The van der Waals surface area contributed by atoms with E-state index in [0.717, 1.165) is 25.1 Å². The summed E-state index contributed by atoms with van der Waals surface area (Å²) in [5.74, 6) is 1.56. The highest BCUT2D eigenvalue weighted by molar-refractivity contribution is 8.00. The van der Waals surface area contributed by atoms with E-state index in [-0.39, 0.29) is 16.7 Å². The van der Waals surface area contributed by atoms with Crippen molar-refractivity contribution in [3.05, 3.63) is 33.8 Å². The van der Waals surface area contributed by atoms with Gasteiger partial charge in [-0.05, 0) is 37.0 Å². The van der Waals surface area contributed by atoms with Gasteiger partial charge in [0.15, 0.2) is 0 Å². The second kappa shape index (κ2) is 7.99. The number of carbonyl (C=O) groups is 2. The Kier molecular flexibility index (Phi) is 6.10. The smallest absolute Gasteiger partial charge is 0.253 e. The van der Waals surface area contributed by atoms with Gasteiger partial charge in [0.05, 0.1) is 14.9 Å². The third-order valence-corrected chi connectivity index (χ3v) is 7.35. The molecule has 2 fully saturated rings. The van der Waals surface area contributed by atoms with Crippen molar-refractivity contribution in [2.75, 3.05) is 25.4 Å². The van der Waals surface area contributed by atoms with Gasteiger partial charge in [0.25, 0.3) is 5.91 Å². The first-order valence-corrected chi connectivity index (χ1v) is 10.8. The van der Waals surface area contributed by atoms with Crippen LogP contribution in [0.25, 0.3) is 0 Å². The molecule has 0 N–H and O–H groups in total. The minimum Gasteiger partial charge on any atom is -0.338 e. The van der Waals surface area contributed by atoms with Crippen molar-refractivity contribution in [2.24, 2.45) is 5.92 Å². The first-order valence-electron chi connectivity index (χ1n) is 9.01. The van der Waals surface area contributed by atoms with Crippen molar-refractivity contribution in [1.29, 1.82) is 0 Å². The van der Waals surface area contributed by atoms with Gasteiger partial charge in [0.1, 0.15) is 0 Å². The van der Waals surface area contributed by atoms with Crippen LogP contribution in [0.1, 0.15) is 43.5 Å². The van der Waals surface area contributed by atoms with Crippen molar-refractivity contribution in [2.45, 2.75) is 38.0 Å². The van der Waals surface area contributed by atoms with E-state index in [1.165, 1.54) is 0 Å². The van der Waals surface area contributed by atoms with E-state index in [1.807, 2.05) is 16.7 Å². The van der Waals surface area contributed by atoms with Crippen molar-refractivity contribution >= 4 is 46.8 Å². The standard InChI is InChI=1S/C19H24Cl2N2O2S/c1-13(2)11-17(24)23-9-10-26-19(23)5-7-22(8-6-19)18(25)14-3-4-15(20)16(21)12-14/h3-4,12-13H,5-11H2,1-2H3. The SMILES string of the molecule is CC(C)CC(=O)N1CCSC12CCN(C(=O)c1ccc(Cl)c(Cl)c1)CC2. The van der Waals surface area contributed by atoms with Gasteiger partial charge >= 0.3 is 0 Å². The van der Waals surface area contributed by atoms with Crippen LogP contribution in [-0.4, -0.2) is 51.9 Å². The molecule has 1 spiro atoms. The minimum atomic E-state index is -0.138. The van der Waals surface area contributed by atoms with Gasteiger partial charge in [-0.3, -0.25) is 9.59 Å². The lowest BCUT2D eigenvalue weighted by Crippen LogP contribution is -2.53. The fourth-order valence-corrected chi connectivity index (χ4v) is 5.48. The van der Waals surface area contributed by atoms with Crippen LogP contribution in [0.15, 0.2) is 18.2 Å². The normalized spacial score (nSPS) is 19.4. The van der Waals surface area contributed by atoms with Crippen LogP contribution >= 0.6 is 35.0 Å². The van der Waals surface area contributed by atoms with Crippen LogP contribution in [0, 0.1) is 5.92 Å². The molecule has 1 aromatic carbocycles. The van der Waals surface area contributed by atoms with E-state index in [9.17, 15) is 9.59 Å². The van der Waals surface area contributed by atoms with E-state index in [4.69, 9.17) is 23.2 Å². The molecule has 2 saturated heterocycles. The summed E-state index contributed by atoms with van der Waals surface area (Å²) in [6.07, 6.45) is 2.22. The zero-order valence-corrected chi connectivity index (χ0v) is 17.5. The van der Waals surface area contributed by atoms with Crippen molar-refractivity contribution in [3.63, 3.8) is 0 Å². The third kappa shape index (κ3) is 4.00. The number of thioether (sulfide) groups is 1. The third-order valence-electron chi connectivity index (χ3n) is 5.06. The fourth-order valence-electron chi connectivity index (χ4n) is 3.71. The minimum absolute atomic E-state index is 0.0264. The Labute approximate surface area is 169 Å². The summed E-state index contributed by atoms with van der Waals surface area (Å²) in [7, 11) is 0. The molecule has 0 atom stereocenters. The van der Waals surface area contributed by atoms with Crippen molar-refractivity contribution in [1.82, 2.24) is 9.80 Å². The number of amides is 2. The topological polar surface area (TPSA) is 40.6 Å². The van der Waals surface area contributed by atoms with Gasteiger partial charge < -0.3 is 9.80 Å². The number of piperidine rings is 1. The number of hydrogen-bond acceptors (Lipinski definition) is 3. The summed E-state index contributed by atoms with van der Waals surface area (Å²) >= 11 is 13.8. The predicted molar refractivity (Wildman–Crippen MR) is 108 cm³/mol. The molecule has 2 heterocycles. The van der Waals surface area contributed by atoms with Gasteiger partial charge in [0.2, 0.25) is 5.91 Å². The Morgan fingerprint density at radius 1 is 1.15 bits per heavy atom. The lowest BCUT2D eigenvalue weighted by molar-refractivity contribution is -0.135. The molecular weight excluding hydrogens is 391 g/mol. The molecule has 3 rings (SSSR count). The second-order valence-electron chi connectivity index (χ2n) is 7.36. The summed E-state index contributed by atoms with van der Waals surface area (Å²) < 4.78 is 0. The summed E-state index contributed by atoms with van der Waals surface area (Å²) in [6.45, 7) is 6.27. The first kappa shape index (κ1) is 19.8. The Bertz CT molecular complexity index is 703. The van der Waals surface area contributed by atoms with Crippen molar-refractivity contribution < 1.29 is 9.59 Å². The van der Waals surface area contributed by atoms with E-state index in [1.54, 1.807) is 18.2 Å². The maximum Gasteiger partial charge on any atom is 0.253 e. The quantitative estimate of drug-likeness (QED) is 0.728. The number of rotatable bonds is 3. The van der Waals surface area contributed by atoms with E-state index in [2.05, 4.69) is 18.7 Å². The van der Waals surface area contributed by atoms with Crippen molar-refractivity contribution in [3.8, 4) is 0 Å². The average molecular weight is 415 g/mol. The molecule has 2 aliphatic heterocycles. The second-order valence-corrected chi connectivity index (χ2v) is 9.63. The predicted octanol–water partition coefficient (Wildman–Crippen LogP) is 4.55. The zero-order chi connectivity index (χ0) is 18.9. The fraction of sp³-hybridized carbons (Fsp3) is 0.579. The highest BCUT2D eigenvalue weighted by Gasteiger charge is 2.46. The summed E-state index contributed by atoms with van der Waals surface area (Å²) in [5.41, 5.74) is 0.558. The Morgan fingerprint density at radius 3 is 2.46 bits per heavy atom. The number of carbonyl (C=O) groups excluding carboxylic acids is 2. The van der Waals surface area contributed by atoms with Gasteiger partial charge in [-0.1, -0.05) is 37.0 Å². The molecule has 0 radical (unpaired) electrons. The Morgan fingerprint density at radius 2 is 1.85 bits per heavy atom. The summed E-state index contributed by atoms with van der Waals surface area (Å²) in [5, 5.41) is 0.838. The Balaban J connectivity index is 1.67. The Hall–Kier alpha value is -0.910. The number of likely N-dealkylation sites (tertiary alicyclic amines) is 1. The molecule has 26 heavy (non-hydrogen) atoms. The lowest BCUT2D eigenvalue weighted by atomic mass is 9.99. The molecule has 0 aromatic heterocycles. The molecule has 2 amide bonds. The van der Waals surface area contributed by atoms with Crippen LogP contribution in [0.5, 0.6) is 0 Å². The monoisotopic (exact) mass is 414 g/mol. The molecule has 2 aliphatic rings. The number of nitrogens with zero attached hydrogens (tertiary/aromatic N) is 2. The van der Waals surface area contributed by atoms with Crippen LogP contribution in [0.3, 0.4) is 0 Å². The molecule has 0 saturated carbocycles. The maximum absolute atomic E-state index is 12.8. The maximum atomic E-state index is 12.8. The molecule has 0 unspecified atom stereocenters. The van der Waals surface area contributed by atoms with E-state index in [0.29, 0.717) is 41.0 Å². The molecule has 1 aromatic rings. The average Bonchev–Trinajstić information content (AvgIpc) is 3.00. The van der Waals surface area contributed by atoms with Gasteiger partial charge in [-0.25, -0.2) is 0 Å². The zero-order valence-electron chi connectivity index (χ0n) is 15.1. The molecule has 4 nitrogen and oxygen atoms in total. The molecule has 0 bridgehead atoms. The van der Waals surface area contributed by atoms with Crippen LogP contribution in [0.4, 0.5) is 0 Å². The largest absolute Gasteiger partial charge is 0.338 e. The molecule has 7 heteroatoms. The first-order chi connectivity index (χ1) is 12.3. The van der Waals surface area contributed by atoms with Crippen LogP contribution < -0.4 is 0 Å².